The van der Waals surface area contributed by atoms with Crippen molar-refractivity contribution in [2.24, 2.45) is 5.10 Å². The Hall–Kier alpha value is -2.15. The maximum Gasteiger partial charge on any atom is 0.417 e. The van der Waals surface area contributed by atoms with E-state index >= 15 is 0 Å². The second-order valence-electron chi connectivity index (χ2n) is 5.18. The summed E-state index contributed by atoms with van der Waals surface area (Å²) in [5.41, 5.74) is 1.79. The number of hydrogen-bond donors (Lipinski definition) is 1. The van der Waals surface area contributed by atoms with E-state index in [1.807, 2.05) is 13.8 Å². The number of benzene rings is 1. The van der Waals surface area contributed by atoms with E-state index in [2.05, 4.69) is 10.5 Å². The van der Waals surface area contributed by atoms with Crippen LogP contribution in [0.5, 0.6) is 0 Å². The number of nitrogens with zero attached hydrogens (tertiary/aromatic N) is 1. The molecule has 0 unspecified atom stereocenters. The molecule has 0 aliphatic rings. The standard InChI is InChI=1S/C16H15F3N2OS/c1-10(2)14-7-12(9-23-14)15(22)21-20-8-11-5-3-4-6-13(11)16(17,18)19/h3-10H,1-2H3,(H,21,22)/b20-8+. The summed E-state index contributed by atoms with van der Waals surface area (Å²) in [7, 11) is 0. The molecule has 122 valence electrons. The Labute approximate surface area is 135 Å². The first-order chi connectivity index (χ1) is 10.8. The third-order valence-electron chi connectivity index (χ3n) is 3.09. The zero-order valence-electron chi connectivity index (χ0n) is 12.5. The highest BCUT2D eigenvalue weighted by atomic mass is 32.1. The Kier molecular flexibility index (Phi) is 5.20. The smallest absolute Gasteiger partial charge is 0.267 e. The summed E-state index contributed by atoms with van der Waals surface area (Å²) in [5, 5.41) is 5.32. The van der Waals surface area contributed by atoms with Gasteiger partial charge in [-0.1, -0.05) is 32.0 Å². The number of hydrazone groups is 1. The molecule has 2 rings (SSSR count). The van der Waals surface area contributed by atoms with Crippen molar-refractivity contribution in [2.45, 2.75) is 25.9 Å². The number of carbonyl (C=O) groups is 1. The lowest BCUT2D eigenvalue weighted by Crippen LogP contribution is -2.17. The fourth-order valence-corrected chi connectivity index (χ4v) is 2.77. The first kappa shape index (κ1) is 17.2. The van der Waals surface area contributed by atoms with Gasteiger partial charge in [0.15, 0.2) is 0 Å². The number of carbonyl (C=O) groups excluding carboxylic acids is 1. The molecule has 0 aliphatic heterocycles. The van der Waals surface area contributed by atoms with E-state index in [0.717, 1.165) is 17.2 Å². The van der Waals surface area contributed by atoms with E-state index in [1.165, 1.54) is 29.5 Å². The van der Waals surface area contributed by atoms with E-state index in [0.29, 0.717) is 11.5 Å². The summed E-state index contributed by atoms with van der Waals surface area (Å²) >= 11 is 1.46. The fraction of sp³-hybridized carbons (Fsp3) is 0.250. The first-order valence-electron chi connectivity index (χ1n) is 6.87. The molecular formula is C16H15F3N2OS. The highest BCUT2D eigenvalue weighted by Gasteiger charge is 2.32. The summed E-state index contributed by atoms with van der Waals surface area (Å²) in [4.78, 5) is 13.0. The van der Waals surface area contributed by atoms with E-state index < -0.39 is 17.6 Å². The lowest BCUT2D eigenvalue weighted by atomic mass is 10.1. The number of rotatable bonds is 4. The quantitative estimate of drug-likeness (QED) is 0.638. The summed E-state index contributed by atoms with van der Waals surface area (Å²) in [6, 6.07) is 6.80. The topological polar surface area (TPSA) is 41.5 Å². The molecule has 3 nitrogen and oxygen atoms in total. The van der Waals surface area contributed by atoms with Crippen molar-refractivity contribution in [1.29, 1.82) is 0 Å². The van der Waals surface area contributed by atoms with Crippen molar-refractivity contribution in [3.05, 3.63) is 57.3 Å². The van der Waals surface area contributed by atoms with Crippen LogP contribution in [-0.2, 0) is 6.18 Å². The van der Waals surface area contributed by atoms with Gasteiger partial charge in [-0.2, -0.15) is 18.3 Å². The van der Waals surface area contributed by atoms with Crippen molar-refractivity contribution in [1.82, 2.24) is 5.43 Å². The molecule has 1 N–H and O–H groups in total. The van der Waals surface area contributed by atoms with Gasteiger partial charge in [0.05, 0.1) is 17.3 Å². The van der Waals surface area contributed by atoms with E-state index in [4.69, 9.17) is 0 Å². The Morgan fingerprint density at radius 2 is 2.00 bits per heavy atom. The molecule has 0 radical (unpaired) electrons. The summed E-state index contributed by atoms with van der Waals surface area (Å²) in [5.74, 6) is -0.141. The van der Waals surface area contributed by atoms with Crippen molar-refractivity contribution < 1.29 is 18.0 Å². The van der Waals surface area contributed by atoms with Gasteiger partial charge in [-0.3, -0.25) is 4.79 Å². The molecule has 7 heteroatoms. The highest BCUT2D eigenvalue weighted by molar-refractivity contribution is 7.10. The summed E-state index contributed by atoms with van der Waals surface area (Å²) < 4.78 is 38.5. The zero-order chi connectivity index (χ0) is 17.0. The zero-order valence-corrected chi connectivity index (χ0v) is 13.3. The number of nitrogens with one attached hydrogen (secondary N) is 1. The van der Waals surface area contributed by atoms with Crippen LogP contribution in [0.4, 0.5) is 13.2 Å². The lowest BCUT2D eigenvalue weighted by Gasteiger charge is -2.09. The molecule has 2 aromatic rings. The minimum absolute atomic E-state index is 0.103. The molecule has 0 spiro atoms. The van der Waals surface area contributed by atoms with Crippen LogP contribution >= 0.6 is 11.3 Å². The Morgan fingerprint density at radius 3 is 2.61 bits per heavy atom. The number of halogens is 3. The molecule has 1 heterocycles. The fourth-order valence-electron chi connectivity index (χ4n) is 1.87. The minimum Gasteiger partial charge on any atom is -0.267 e. The van der Waals surface area contributed by atoms with Crippen LogP contribution in [0.25, 0.3) is 0 Å². The van der Waals surface area contributed by atoms with Crippen LogP contribution in [-0.4, -0.2) is 12.1 Å². The maximum atomic E-state index is 12.8. The number of hydrogen-bond acceptors (Lipinski definition) is 3. The van der Waals surface area contributed by atoms with E-state index in [9.17, 15) is 18.0 Å². The monoisotopic (exact) mass is 340 g/mol. The van der Waals surface area contributed by atoms with Gasteiger partial charge in [-0.15, -0.1) is 11.3 Å². The van der Waals surface area contributed by atoms with Gasteiger partial charge in [-0.05, 0) is 18.1 Å². The summed E-state index contributed by atoms with van der Waals surface area (Å²) in [6.45, 7) is 4.03. The molecule has 23 heavy (non-hydrogen) atoms. The van der Waals surface area contributed by atoms with E-state index in [-0.39, 0.29) is 5.56 Å². The second kappa shape index (κ2) is 6.95. The lowest BCUT2D eigenvalue weighted by molar-refractivity contribution is -0.137. The highest BCUT2D eigenvalue weighted by Crippen LogP contribution is 2.31. The predicted octanol–water partition coefficient (Wildman–Crippen LogP) is 4.65. The molecule has 0 bridgehead atoms. The third-order valence-corrected chi connectivity index (χ3v) is 4.32. The maximum absolute atomic E-state index is 12.8. The SMILES string of the molecule is CC(C)c1cc(C(=O)N/N=C/c2ccccc2C(F)(F)F)cs1. The molecule has 1 aromatic carbocycles. The Balaban J connectivity index is 2.08. The third kappa shape index (κ3) is 4.41. The van der Waals surface area contributed by atoms with E-state index in [1.54, 1.807) is 11.4 Å². The average Bonchev–Trinajstić information content (AvgIpc) is 2.96. The average molecular weight is 340 g/mol. The Morgan fingerprint density at radius 1 is 1.30 bits per heavy atom. The van der Waals surface area contributed by atoms with Crippen molar-refractivity contribution >= 4 is 23.5 Å². The van der Waals surface area contributed by atoms with Gasteiger partial charge in [0.25, 0.3) is 5.91 Å². The van der Waals surface area contributed by atoms with Crippen LogP contribution in [0.2, 0.25) is 0 Å². The molecule has 0 atom stereocenters. The molecule has 0 saturated carbocycles. The van der Waals surface area contributed by atoms with Gasteiger partial charge >= 0.3 is 6.18 Å². The predicted molar refractivity (Wildman–Crippen MR) is 84.9 cm³/mol. The largest absolute Gasteiger partial charge is 0.417 e. The van der Waals surface area contributed by atoms with Gasteiger partial charge < -0.3 is 0 Å². The van der Waals surface area contributed by atoms with Crippen molar-refractivity contribution in [3.63, 3.8) is 0 Å². The molecule has 1 amide bonds. The van der Waals surface area contributed by atoms with Crippen molar-refractivity contribution in [3.8, 4) is 0 Å². The molecule has 0 saturated heterocycles. The number of thiophene rings is 1. The van der Waals surface area contributed by atoms with Gasteiger partial charge in [0.2, 0.25) is 0 Å². The molecular weight excluding hydrogens is 325 g/mol. The van der Waals surface area contributed by atoms with Gasteiger partial charge in [-0.25, -0.2) is 5.43 Å². The van der Waals surface area contributed by atoms with Crippen LogP contribution in [0.15, 0.2) is 40.8 Å². The summed E-state index contributed by atoms with van der Waals surface area (Å²) in [6.07, 6.45) is -3.47. The number of alkyl halides is 3. The van der Waals surface area contributed by atoms with Gasteiger partial charge in [0.1, 0.15) is 0 Å². The van der Waals surface area contributed by atoms with Gasteiger partial charge in [0, 0.05) is 15.8 Å². The molecule has 1 aromatic heterocycles. The van der Waals surface area contributed by atoms with Crippen molar-refractivity contribution in [2.75, 3.05) is 0 Å². The Bertz CT molecular complexity index is 720. The number of amides is 1. The van der Waals surface area contributed by atoms with Crippen LogP contribution in [0.3, 0.4) is 0 Å². The normalized spacial score (nSPS) is 12.1. The van der Waals surface area contributed by atoms with Crippen LogP contribution in [0.1, 0.15) is 46.1 Å². The van der Waals surface area contributed by atoms with Crippen LogP contribution in [0, 0.1) is 0 Å². The molecule has 0 aliphatic carbocycles. The second-order valence-corrected chi connectivity index (χ2v) is 6.12. The molecule has 0 fully saturated rings. The first-order valence-corrected chi connectivity index (χ1v) is 7.75. The minimum atomic E-state index is -4.47. The van der Waals surface area contributed by atoms with Crippen LogP contribution < -0.4 is 5.43 Å².